The van der Waals surface area contributed by atoms with Crippen LogP contribution in [-0.2, 0) is 13.6 Å². The molecule has 0 radical (unpaired) electrons. The first-order valence-electron chi connectivity index (χ1n) is 7.83. The van der Waals surface area contributed by atoms with E-state index in [-0.39, 0.29) is 12.4 Å². The second-order valence-corrected chi connectivity index (χ2v) is 6.88. The zero-order valence-electron chi connectivity index (χ0n) is 13.8. The van der Waals surface area contributed by atoms with Crippen LogP contribution in [0.2, 0.25) is 0 Å². The van der Waals surface area contributed by atoms with E-state index in [1.54, 1.807) is 7.11 Å². The highest BCUT2D eigenvalue weighted by atomic mass is 79.9. The van der Waals surface area contributed by atoms with Gasteiger partial charge in [-0.3, -0.25) is 4.90 Å². The van der Waals surface area contributed by atoms with Gasteiger partial charge in [0.05, 0.1) is 22.7 Å². The summed E-state index contributed by atoms with van der Waals surface area (Å²) in [6.07, 6.45) is 3.64. The Morgan fingerprint density at radius 2 is 1.96 bits per heavy atom. The summed E-state index contributed by atoms with van der Waals surface area (Å²) < 4.78 is 8.15. The molecular weight excluding hydrogens is 396 g/mol. The molecule has 24 heavy (non-hydrogen) atoms. The van der Waals surface area contributed by atoms with E-state index < -0.39 is 5.97 Å². The Labute approximate surface area is 156 Å². The van der Waals surface area contributed by atoms with Gasteiger partial charge in [0, 0.05) is 24.7 Å². The average molecular weight is 418 g/mol. The first-order valence-corrected chi connectivity index (χ1v) is 8.62. The molecule has 3 rings (SSSR count). The molecule has 7 heteroatoms. The molecule has 5 nitrogen and oxygen atoms in total. The number of hydrogen-bond acceptors (Lipinski definition) is 3. The molecule has 0 amide bonds. The third kappa shape index (κ3) is 3.41. The lowest BCUT2D eigenvalue weighted by Gasteiger charge is -2.26. The lowest BCUT2D eigenvalue weighted by molar-refractivity contribution is 0.0695. The van der Waals surface area contributed by atoms with Crippen molar-refractivity contribution in [1.29, 1.82) is 0 Å². The van der Waals surface area contributed by atoms with Gasteiger partial charge >= 0.3 is 5.97 Å². The number of carbonyl (C=O) groups is 1. The van der Waals surface area contributed by atoms with Crippen molar-refractivity contribution >= 4 is 45.2 Å². The SMILES string of the molecule is COc1cc2c(C(=O)O)c(CN3CCCCC3)n(C)c2cc1Br.Cl. The van der Waals surface area contributed by atoms with Crippen LogP contribution in [0.5, 0.6) is 5.75 Å². The number of rotatable bonds is 4. The van der Waals surface area contributed by atoms with Crippen LogP contribution in [0, 0.1) is 0 Å². The summed E-state index contributed by atoms with van der Waals surface area (Å²) in [5.74, 6) is -0.234. The van der Waals surface area contributed by atoms with Crippen LogP contribution in [0.25, 0.3) is 10.9 Å². The molecule has 0 spiro atoms. The van der Waals surface area contributed by atoms with Gasteiger partial charge in [0.25, 0.3) is 0 Å². The number of piperidine rings is 1. The number of hydrogen-bond donors (Lipinski definition) is 1. The predicted octanol–water partition coefficient (Wildman–Crippen LogP) is 4.06. The molecule has 1 aliphatic heterocycles. The highest BCUT2D eigenvalue weighted by Gasteiger charge is 2.24. The minimum Gasteiger partial charge on any atom is -0.496 e. The molecule has 1 aromatic carbocycles. The molecule has 0 aliphatic carbocycles. The fourth-order valence-electron chi connectivity index (χ4n) is 3.40. The molecule has 0 atom stereocenters. The highest BCUT2D eigenvalue weighted by molar-refractivity contribution is 9.10. The van der Waals surface area contributed by atoms with E-state index in [9.17, 15) is 9.90 Å². The van der Waals surface area contributed by atoms with E-state index in [1.807, 2.05) is 23.7 Å². The second-order valence-electron chi connectivity index (χ2n) is 6.03. The van der Waals surface area contributed by atoms with Gasteiger partial charge in [-0.05, 0) is 54.0 Å². The molecule has 2 heterocycles. The van der Waals surface area contributed by atoms with Crippen LogP contribution in [0.15, 0.2) is 16.6 Å². The molecule has 0 bridgehead atoms. The zero-order chi connectivity index (χ0) is 16.6. The Kier molecular flexibility index (Phi) is 6.17. The summed E-state index contributed by atoms with van der Waals surface area (Å²) in [6.45, 7) is 2.74. The number of ether oxygens (including phenoxy) is 1. The number of carboxylic acids is 1. The van der Waals surface area contributed by atoms with Crippen LogP contribution in [0.1, 0.15) is 35.3 Å². The summed E-state index contributed by atoms with van der Waals surface area (Å²) in [6, 6.07) is 3.74. The fourth-order valence-corrected chi connectivity index (χ4v) is 3.89. The summed E-state index contributed by atoms with van der Waals surface area (Å²) in [7, 11) is 3.52. The number of methoxy groups -OCH3 is 1. The fraction of sp³-hybridized carbons (Fsp3) is 0.471. The van der Waals surface area contributed by atoms with Crippen molar-refractivity contribution in [3.05, 3.63) is 27.9 Å². The Morgan fingerprint density at radius 3 is 2.54 bits per heavy atom. The Bertz CT molecular complexity index is 754. The summed E-state index contributed by atoms with van der Waals surface area (Å²) in [5.41, 5.74) is 2.15. The summed E-state index contributed by atoms with van der Waals surface area (Å²) in [5, 5.41) is 10.5. The van der Waals surface area contributed by atoms with E-state index in [0.29, 0.717) is 17.9 Å². The van der Waals surface area contributed by atoms with Crippen LogP contribution < -0.4 is 4.74 Å². The smallest absolute Gasteiger partial charge is 0.338 e. The molecule has 1 fully saturated rings. The van der Waals surface area contributed by atoms with Crippen molar-refractivity contribution in [2.75, 3.05) is 20.2 Å². The van der Waals surface area contributed by atoms with E-state index in [0.717, 1.165) is 34.2 Å². The van der Waals surface area contributed by atoms with Gasteiger partial charge in [-0.1, -0.05) is 6.42 Å². The molecule has 1 saturated heterocycles. The van der Waals surface area contributed by atoms with Gasteiger partial charge in [0.1, 0.15) is 5.75 Å². The standard InChI is InChI=1S/C17H21BrN2O3.ClH/c1-19-13-9-12(18)15(23-2)8-11(13)16(17(21)22)14(19)10-20-6-4-3-5-7-20;/h8-9H,3-7,10H2,1-2H3,(H,21,22);1H. The molecule has 0 unspecified atom stereocenters. The first-order chi connectivity index (χ1) is 11.0. The number of nitrogens with zero attached hydrogens (tertiary/aromatic N) is 2. The molecule has 1 aliphatic rings. The molecule has 2 aromatic rings. The van der Waals surface area contributed by atoms with E-state index in [4.69, 9.17) is 4.74 Å². The molecule has 0 saturated carbocycles. The number of halogens is 2. The van der Waals surface area contributed by atoms with Gasteiger partial charge < -0.3 is 14.4 Å². The monoisotopic (exact) mass is 416 g/mol. The number of aromatic nitrogens is 1. The third-order valence-corrected chi connectivity index (χ3v) is 5.25. The largest absolute Gasteiger partial charge is 0.496 e. The highest BCUT2D eigenvalue weighted by Crippen LogP contribution is 2.35. The van der Waals surface area contributed by atoms with Gasteiger partial charge in [0.15, 0.2) is 0 Å². The molecule has 132 valence electrons. The van der Waals surface area contributed by atoms with Crippen LogP contribution >= 0.6 is 28.3 Å². The van der Waals surface area contributed by atoms with Crippen LogP contribution in [0.3, 0.4) is 0 Å². The lowest BCUT2D eigenvalue weighted by Crippen LogP contribution is -2.30. The zero-order valence-corrected chi connectivity index (χ0v) is 16.2. The number of aromatic carboxylic acids is 1. The first kappa shape index (κ1) is 19.1. The van der Waals surface area contributed by atoms with Crippen molar-refractivity contribution in [2.45, 2.75) is 25.8 Å². The van der Waals surface area contributed by atoms with Crippen molar-refractivity contribution in [2.24, 2.45) is 7.05 Å². The third-order valence-electron chi connectivity index (χ3n) is 4.63. The van der Waals surface area contributed by atoms with E-state index in [1.165, 1.54) is 19.3 Å². The number of carboxylic acid groups (broad SMARTS) is 1. The van der Waals surface area contributed by atoms with E-state index in [2.05, 4.69) is 20.8 Å². The Morgan fingerprint density at radius 1 is 1.29 bits per heavy atom. The average Bonchev–Trinajstić information content (AvgIpc) is 2.80. The van der Waals surface area contributed by atoms with Crippen molar-refractivity contribution in [1.82, 2.24) is 9.47 Å². The van der Waals surface area contributed by atoms with Crippen molar-refractivity contribution in [3.63, 3.8) is 0 Å². The van der Waals surface area contributed by atoms with Crippen LogP contribution in [-0.4, -0.2) is 40.7 Å². The second kappa shape index (κ2) is 7.76. The predicted molar refractivity (Wildman–Crippen MR) is 101 cm³/mol. The van der Waals surface area contributed by atoms with Gasteiger partial charge in [0.2, 0.25) is 0 Å². The maximum atomic E-state index is 11.9. The van der Waals surface area contributed by atoms with Gasteiger partial charge in [-0.25, -0.2) is 4.79 Å². The van der Waals surface area contributed by atoms with Gasteiger partial charge in [-0.15, -0.1) is 12.4 Å². The Balaban J connectivity index is 0.00000208. The normalized spacial score (nSPS) is 15.3. The summed E-state index contributed by atoms with van der Waals surface area (Å²) >= 11 is 3.48. The lowest BCUT2D eigenvalue weighted by atomic mass is 10.1. The maximum Gasteiger partial charge on any atom is 0.338 e. The quantitative estimate of drug-likeness (QED) is 0.815. The molecular formula is C17H22BrClN2O3. The van der Waals surface area contributed by atoms with Crippen LogP contribution in [0.4, 0.5) is 0 Å². The van der Waals surface area contributed by atoms with Crippen molar-refractivity contribution in [3.8, 4) is 5.75 Å². The number of benzene rings is 1. The van der Waals surface area contributed by atoms with Crippen molar-refractivity contribution < 1.29 is 14.6 Å². The minimum absolute atomic E-state index is 0. The molecule has 1 N–H and O–H groups in total. The van der Waals surface area contributed by atoms with E-state index >= 15 is 0 Å². The Hall–Kier alpha value is -1.24. The summed E-state index contributed by atoms with van der Waals surface area (Å²) in [4.78, 5) is 14.2. The number of aryl methyl sites for hydroxylation is 1. The number of fused-ring (bicyclic) bond motifs is 1. The minimum atomic E-state index is -0.882. The molecule has 1 aromatic heterocycles. The van der Waals surface area contributed by atoms with Gasteiger partial charge in [-0.2, -0.15) is 0 Å². The maximum absolute atomic E-state index is 11.9. The topological polar surface area (TPSA) is 54.7 Å². The number of likely N-dealkylation sites (tertiary alicyclic amines) is 1.